The number of ether oxygens (including phenoxy) is 1. The molecule has 18 heavy (non-hydrogen) atoms. The lowest BCUT2D eigenvalue weighted by Crippen LogP contribution is -2.34. The fourth-order valence-corrected chi connectivity index (χ4v) is 2.79. The number of nitrogens with one attached hydrogen (secondary N) is 1. The van der Waals surface area contributed by atoms with Crippen molar-refractivity contribution in [3.63, 3.8) is 0 Å². The lowest BCUT2D eigenvalue weighted by molar-refractivity contribution is -0.139. The highest BCUT2D eigenvalue weighted by atomic mass is 127. The summed E-state index contributed by atoms with van der Waals surface area (Å²) in [7, 11) is 1.36. The summed E-state index contributed by atoms with van der Waals surface area (Å²) in [6.45, 7) is 0.360. The lowest BCUT2D eigenvalue weighted by Gasteiger charge is -2.14. The fourth-order valence-electron chi connectivity index (χ4n) is 2.32. The molecule has 1 N–H and O–H groups in total. The molecule has 0 aromatic rings. The van der Waals surface area contributed by atoms with Gasteiger partial charge in [-0.1, -0.05) is 48.3 Å². The summed E-state index contributed by atoms with van der Waals surface area (Å²) in [5, 5.41) is 2.82. The van der Waals surface area contributed by atoms with Crippen LogP contribution in [0.15, 0.2) is 0 Å². The zero-order valence-electron chi connectivity index (χ0n) is 10.9. The molecular formula is C13H22INO3. The van der Waals surface area contributed by atoms with Gasteiger partial charge in [-0.2, -0.15) is 0 Å². The van der Waals surface area contributed by atoms with E-state index < -0.39 is 0 Å². The van der Waals surface area contributed by atoms with Gasteiger partial charge in [0.2, 0.25) is 5.91 Å². The van der Waals surface area contributed by atoms with Crippen LogP contribution in [0.5, 0.6) is 0 Å². The molecule has 0 radical (unpaired) electrons. The monoisotopic (exact) mass is 367 g/mol. The van der Waals surface area contributed by atoms with Gasteiger partial charge in [-0.05, 0) is 18.8 Å². The van der Waals surface area contributed by atoms with Gasteiger partial charge in [0.25, 0.3) is 0 Å². The fraction of sp³-hybridized carbons (Fsp3) is 0.846. The minimum atomic E-state index is -0.300. The van der Waals surface area contributed by atoms with E-state index in [-0.39, 0.29) is 15.8 Å². The van der Waals surface area contributed by atoms with Crippen LogP contribution in [0.1, 0.15) is 44.9 Å². The van der Waals surface area contributed by atoms with Gasteiger partial charge in [-0.15, -0.1) is 0 Å². The second kappa shape index (κ2) is 8.72. The van der Waals surface area contributed by atoms with Crippen molar-refractivity contribution in [3.8, 4) is 0 Å². The Morgan fingerprint density at radius 2 is 1.89 bits per heavy atom. The first-order valence-corrected chi connectivity index (χ1v) is 7.86. The number of halogens is 1. The minimum Gasteiger partial charge on any atom is -0.468 e. The van der Waals surface area contributed by atoms with Crippen molar-refractivity contribution in [3.05, 3.63) is 0 Å². The van der Waals surface area contributed by atoms with E-state index >= 15 is 0 Å². The highest BCUT2D eigenvalue weighted by Gasteiger charge is 2.19. The van der Waals surface area contributed by atoms with Gasteiger partial charge in [0, 0.05) is 13.0 Å². The Kier molecular flexibility index (Phi) is 7.62. The molecule has 104 valence electrons. The number of amides is 1. The molecule has 0 bridgehead atoms. The van der Waals surface area contributed by atoms with E-state index in [0.717, 1.165) is 12.8 Å². The van der Waals surface area contributed by atoms with Crippen molar-refractivity contribution < 1.29 is 14.3 Å². The highest BCUT2D eigenvalue weighted by Crippen LogP contribution is 2.25. The molecule has 0 aromatic heterocycles. The Bertz CT molecular complexity index is 275. The predicted molar refractivity (Wildman–Crippen MR) is 78.6 cm³/mol. The Balaban J connectivity index is 2.22. The summed E-state index contributed by atoms with van der Waals surface area (Å²) in [5.41, 5.74) is 0. The first-order valence-electron chi connectivity index (χ1n) is 6.62. The highest BCUT2D eigenvalue weighted by molar-refractivity contribution is 14.1. The molecule has 0 heterocycles. The Labute approximate surface area is 122 Å². The van der Waals surface area contributed by atoms with Crippen molar-refractivity contribution in [1.29, 1.82) is 0 Å². The number of hydrogen-bond donors (Lipinski definition) is 1. The quantitative estimate of drug-likeness (QED) is 0.352. The van der Waals surface area contributed by atoms with Gasteiger partial charge in [-0.3, -0.25) is 9.59 Å². The number of methoxy groups -OCH3 is 1. The summed E-state index contributed by atoms with van der Waals surface area (Å²) >= 11 is 1.99. The van der Waals surface area contributed by atoms with Crippen LogP contribution in [0.4, 0.5) is 0 Å². The van der Waals surface area contributed by atoms with Gasteiger partial charge < -0.3 is 10.1 Å². The molecule has 0 aromatic carbocycles. The topological polar surface area (TPSA) is 55.4 Å². The molecule has 4 nitrogen and oxygen atoms in total. The van der Waals surface area contributed by atoms with Crippen molar-refractivity contribution in [2.45, 2.75) is 48.9 Å². The zero-order chi connectivity index (χ0) is 13.4. The molecule has 1 amide bonds. The van der Waals surface area contributed by atoms with Gasteiger partial charge in [0.15, 0.2) is 0 Å². The molecule has 0 spiro atoms. The molecule has 1 aliphatic carbocycles. The molecule has 1 rings (SSSR count). The van der Waals surface area contributed by atoms with E-state index in [0.29, 0.717) is 18.9 Å². The van der Waals surface area contributed by atoms with Crippen molar-refractivity contribution in [1.82, 2.24) is 5.32 Å². The summed E-state index contributed by atoms with van der Waals surface area (Å²) in [6, 6.07) is 0. The van der Waals surface area contributed by atoms with E-state index in [4.69, 9.17) is 0 Å². The van der Waals surface area contributed by atoms with E-state index in [1.807, 2.05) is 22.6 Å². The van der Waals surface area contributed by atoms with Crippen molar-refractivity contribution in [2.24, 2.45) is 5.92 Å². The standard InChI is InChI=1S/C13H22INO3/c1-18-13(17)11(14)9-15-12(16)8-10-6-4-2-3-5-7-10/h10-11H,2-9H2,1H3,(H,15,16). The van der Waals surface area contributed by atoms with Crippen LogP contribution in [0.25, 0.3) is 0 Å². The number of carbonyl (C=O) groups is 2. The van der Waals surface area contributed by atoms with Gasteiger partial charge >= 0.3 is 5.97 Å². The van der Waals surface area contributed by atoms with E-state index in [1.54, 1.807) is 0 Å². The van der Waals surface area contributed by atoms with E-state index in [9.17, 15) is 9.59 Å². The summed E-state index contributed by atoms with van der Waals surface area (Å²) in [5.74, 6) is 0.302. The van der Waals surface area contributed by atoms with Crippen LogP contribution in [0, 0.1) is 5.92 Å². The van der Waals surface area contributed by atoms with E-state index in [2.05, 4.69) is 10.1 Å². The number of hydrogen-bond acceptors (Lipinski definition) is 3. The van der Waals surface area contributed by atoms with Crippen molar-refractivity contribution in [2.75, 3.05) is 13.7 Å². The van der Waals surface area contributed by atoms with Crippen LogP contribution in [0.3, 0.4) is 0 Å². The molecule has 1 unspecified atom stereocenters. The van der Waals surface area contributed by atoms with Crippen LogP contribution in [-0.4, -0.2) is 29.5 Å². The van der Waals surface area contributed by atoms with Gasteiger partial charge in [0.05, 0.1) is 7.11 Å². The average molecular weight is 367 g/mol. The summed E-state index contributed by atoms with van der Waals surface area (Å²) < 4.78 is 4.31. The molecule has 0 aliphatic heterocycles. The number of esters is 1. The third-order valence-electron chi connectivity index (χ3n) is 3.38. The molecule has 5 heteroatoms. The first kappa shape index (κ1) is 15.7. The maximum absolute atomic E-state index is 11.8. The maximum Gasteiger partial charge on any atom is 0.320 e. The van der Waals surface area contributed by atoms with Gasteiger partial charge in [0.1, 0.15) is 3.92 Å². The maximum atomic E-state index is 11.8. The normalized spacial score (nSPS) is 18.8. The molecule has 1 fully saturated rings. The molecular weight excluding hydrogens is 345 g/mol. The zero-order valence-corrected chi connectivity index (χ0v) is 13.1. The number of carbonyl (C=O) groups excluding carboxylic acids is 2. The van der Waals surface area contributed by atoms with Crippen LogP contribution >= 0.6 is 22.6 Å². The van der Waals surface area contributed by atoms with Crippen LogP contribution in [-0.2, 0) is 14.3 Å². The first-order chi connectivity index (χ1) is 8.63. The Morgan fingerprint density at radius 1 is 1.28 bits per heavy atom. The largest absolute Gasteiger partial charge is 0.468 e. The Hall–Kier alpha value is -0.330. The Morgan fingerprint density at radius 3 is 2.44 bits per heavy atom. The number of alkyl halides is 1. The third kappa shape index (κ3) is 6.02. The molecule has 1 atom stereocenters. The third-order valence-corrected chi connectivity index (χ3v) is 4.33. The van der Waals surface area contributed by atoms with Crippen molar-refractivity contribution >= 4 is 34.5 Å². The minimum absolute atomic E-state index is 0.0625. The van der Waals surface area contributed by atoms with Crippen LogP contribution < -0.4 is 5.32 Å². The molecule has 1 saturated carbocycles. The second-order valence-corrected chi connectivity index (χ2v) is 6.36. The van der Waals surface area contributed by atoms with Gasteiger partial charge in [-0.25, -0.2) is 0 Å². The molecule has 1 aliphatic rings. The predicted octanol–water partition coefficient (Wildman–Crippen LogP) is 2.44. The summed E-state index contributed by atoms with van der Waals surface area (Å²) in [4.78, 5) is 23.0. The molecule has 0 saturated heterocycles. The SMILES string of the molecule is COC(=O)C(I)CNC(=O)CC1CCCCCC1. The average Bonchev–Trinajstić information content (AvgIpc) is 2.63. The lowest BCUT2D eigenvalue weighted by atomic mass is 9.96. The number of rotatable bonds is 5. The van der Waals surface area contributed by atoms with Crippen LogP contribution in [0.2, 0.25) is 0 Å². The smallest absolute Gasteiger partial charge is 0.320 e. The summed E-state index contributed by atoms with van der Waals surface area (Å²) in [6.07, 6.45) is 8.03. The van der Waals surface area contributed by atoms with E-state index in [1.165, 1.54) is 32.8 Å². The second-order valence-electron chi connectivity index (χ2n) is 4.86.